The highest BCUT2D eigenvalue weighted by Crippen LogP contribution is 2.24. The summed E-state index contributed by atoms with van der Waals surface area (Å²) in [4.78, 5) is 16.8. The summed E-state index contributed by atoms with van der Waals surface area (Å²) in [6.07, 6.45) is 0.759. The Morgan fingerprint density at radius 3 is 2.31 bits per heavy atom. The van der Waals surface area contributed by atoms with Crippen LogP contribution in [0.3, 0.4) is 0 Å². The molecular weight excluding hydrogens is 388 g/mol. The van der Waals surface area contributed by atoms with E-state index in [0.29, 0.717) is 17.5 Å². The monoisotopic (exact) mass is 412 g/mol. The van der Waals surface area contributed by atoms with Crippen molar-refractivity contribution in [1.82, 2.24) is 20.5 Å². The number of methoxy groups -OCH3 is 2. The molecule has 0 aliphatic rings. The van der Waals surface area contributed by atoms with Crippen LogP contribution in [-0.4, -0.2) is 47.1 Å². The van der Waals surface area contributed by atoms with Gasteiger partial charge in [0.05, 0.1) is 19.5 Å². The Balaban J connectivity index is 1.48. The normalized spacial score (nSPS) is 11.7. The minimum Gasteiger partial charge on any atom is -0.497 e. The lowest BCUT2D eigenvalue weighted by atomic mass is 10.1. The number of rotatable bonds is 9. The second kappa shape index (κ2) is 9.97. The minimum atomic E-state index is -0.301. The first-order valence-corrected chi connectivity index (χ1v) is 10.1. The molecule has 0 saturated carbocycles. The van der Waals surface area contributed by atoms with Crippen molar-refractivity contribution in [3.63, 3.8) is 0 Å². The Morgan fingerprint density at radius 1 is 1.07 bits per heavy atom. The van der Waals surface area contributed by atoms with Gasteiger partial charge < -0.3 is 14.8 Å². The molecule has 0 bridgehead atoms. The third-order valence-corrected chi connectivity index (χ3v) is 5.31. The molecule has 1 aromatic heterocycles. The zero-order chi connectivity index (χ0) is 20.6. The SMILES string of the molecule is COc1ccc(CCNC(=O)[C@@H](C)Sc2n[nH]c(-c3ccc(OC)cc3)n2)cc1. The number of H-pyrrole nitrogens is 1. The molecule has 8 heteroatoms. The van der Waals surface area contributed by atoms with Gasteiger partial charge in [-0.15, -0.1) is 5.10 Å². The van der Waals surface area contributed by atoms with Crippen LogP contribution in [0.5, 0.6) is 11.5 Å². The van der Waals surface area contributed by atoms with Crippen molar-refractivity contribution in [3.05, 3.63) is 54.1 Å². The van der Waals surface area contributed by atoms with Gasteiger partial charge in [0.15, 0.2) is 5.82 Å². The number of nitrogens with one attached hydrogen (secondary N) is 2. The van der Waals surface area contributed by atoms with Crippen LogP contribution in [-0.2, 0) is 11.2 Å². The topological polar surface area (TPSA) is 89.1 Å². The van der Waals surface area contributed by atoms with Crippen molar-refractivity contribution < 1.29 is 14.3 Å². The Labute approximate surface area is 174 Å². The van der Waals surface area contributed by atoms with Gasteiger partial charge in [-0.3, -0.25) is 9.89 Å². The van der Waals surface area contributed by atoms with E-state index in [0.717, 1.165) is 29.0 Å². The lowest BCUT2D eigenvalue weighted by Gasteiger charge is -2.10. The molecule has 0 radical (unpaired) electrons. The van der Waals surface area contributed by atoms with Crippen molar-refractivity contribution >= 4 is 17.7 Å². The number of carbonyl (C=O) groups excluding carboxylic acids is 1. The van der Waals surface area contributed by atoms with Crippen LogP contribution in [0.2, 0.25) is 0 Å². The van der Waals surface area contributed by atoms with Gasteiger partial charge in [0.25, 0.3) is 0 Å². The lowest BCUT2D eigenvalue weighted by Crippen LogP contribution is -2.32. The zero-order valence-electron chi connectivity index (χ0n) is 16.6. The fourth-order valence-corrected chi connectivity index (χ4v) is 3.40. The van der Waals surface area contributed by atoms with Crippen LogP contribution in [0.1, 0.15) is 12.5 Å². The van der Waals surface area contributed by atoms with Gasteiger partial charge in [-0.05, 0) is 55.3 Å². The maximum Gasteiger partial charge on any atom is 0.233 e. The number of aromatic nitrogens is 3. The molecule has 0 unspecified atom stereocenters. The molecule has 1 heterocycles. The average Bonchev–Trinajstić information content (AvgIpc) is 3.22. The predicted octanol–water partition coefficient (Wildman–Crippen LogP) is 3.33. The number of benzene rings is 2. The van der Waals surface area contributed by atoms with Crippen molar-refractivity contribution in [2.45, 2.75) is 23.8 Å². The summed E-state index contributed by atoms with van der Waals surface area (Å²) < 4.78 is 10.3. The van der Waals surface area contributed by atoms with Gasteiger partial charge in [0.2, 0.25) is 11.1 Å². The first-order chi connectivity index (χ1) is 14.1. The molecule has 2 N–H and O–H groups in total. The van der Waals surface area contributed by atoms with Crippen molar-refractivity contribution in [2.24, 2.45) is 0 Å². The quantitative estimate of drug-likeness (QED) is 0.524. The average molecular weight is 413 g/mol. The molecule has 152 valence electrons. The molecule has 0 saturated heterocycles. The van der Waals surface area contributed by atoms with Gasteiger partial charge in [-0.25, -0.2) is 4.98 Å². The molecule has 3 rings (SSSR count). The van der Waals surface area contributed by atoms with E-state index >= 15 is 0 Å². The number of ether oxygens (including phenoxy) is 2. The molecule has 0 fully saturated rings. The maximum atomic E-state index is 12.4. The van der Waals surface area contributed by atoms with E-state index < -0.39 is 0 Å². The molecule has 29 heavy (non-hydrogen) atoms. The number of hydrogen-bond acceptors (Lipinski definition) is 6. The van der Waals surface area contributed by atoms with Crippen LogP contribution in [0.15, 0.2) is 53.7 Å². The summed E-state index contributed by atoms with van der Waals surface area (Å²) in [5, 5.41) is 10.3. The number of aromatic amines is 1. The van der Waals surface area contributed by atoms with Crippen molar-refractivity contribution in [2.75, 3.05) is 20.8 Å². The molecule has 0 aliphatic heterocycles. The summed E-state index contributed by atoms with van der Waals surface area (Å²) in [5.41, 5.74) is 2.05. The number of amides is 1. The summed E-state index contributed by atoms with van der Waals surface area (Å²) in [7, 11) is 3.27. The number of nitrogens with zero attached hydrogens (tertiary/aromatic N) is 2. The van der Waals surface area contributed by atoms with Crippen LogP contribution >= 0.6 is 11.8 Å². The van der Waals surface area contributed by atoms with E-state index in [2.05, 4.69) is 20.5 Å². The number of carbonyl (C=O) groups is 1. The van der Waals surface area contributed by atoms with E-state index in [9.17, 15) is 4.79 Å². The zero-order valence-corrected chi connectivity index (χ0v) is 17.5. The molecule has 7 nitrogen and oxygen atoms in total. The van der Waals surface area contributed by atoms with Crippen LogP contribution in [0.4, 0.5) is 0 Å². The third-order valence-electron chi connectivity index (χ3n) is 4.35. The molecule has 0 aliphatic carbocycles. The Kier molecular flexibility index (Phi) is 7.13. The molecule has 1 amide bonds. The summed E-state index contributed by atoms with van der Waals surface area (Å²) in [6, 6.07) is 15.4. The summed E-state index contributed by atoms with van der Waals surface area (Å²) in [6.45, 7) is 2.41. The standard InChI is InChI=1S/C21H24N4O3S/c1-14(20(26)22-13-12-15-4-8-17(27-2)9-5-15)29-21-23-19(24-25-21)16-6-10-18(28-3)11-7-16/h4-11,14H,12-13H2,1-3H3,(H,22,26)(H,23,24,25)/t14-/m1/s1. The Hall–Kier alpha value is -3.00. The largest absolute Gasteiger partial charge is 0.497 e. The van der Waals surface area contributed by atoms with E-state index in [1.54, 1.807) is 14.2 Å². The highest BCUT2D eigenvalue weighted by atomic mass is 32.2. The van der Waals surface area contributed by atoms with E-state index in [1.807, 2.05) is 55.5 Å². The first-order valence-electron chi connectivity index (χ1n) is 9.23. The highest BCUT2D eigenvalue weighted by molar-refractivity contribution is 8.00. The van der Waals surface area contributed by atoms with Gasteiger partial charge >= 0.3 is 0 Å². The lowest BCUT2D eigenvalue weighted by molar-refractivity contribution is -0.120. The maximum absolute atomic E-state index is 12.4. The minimum absolute atomic E-state index is 0.0423. The molecular formula is C21H24N4O3S. The number of thioether (sulfide) groups is 1. The van der Waals surface area contributed by atoms with Gasteiger partial charge in [-0.2, -0.15) is 0 Å². The second-order valence-electron chi connectivity index (χ2n) is 6.34. The molecule has 3 aromatic rings. The van der Waals surface area contributed by atoms with Gasteiger partial charge in [-0.1, -0.05) is 23.9 Å². The van der Waals surface area contributed by atoms with Crippen LogP contribution < -0.4 is 14.8 Å². The Morgan fingerprint density at radius 2 is 1.69 bits per heavy atom. The molecule has 1 atom stereocenters. The van der Waals surface area contributed by atoms with E-state index in [4.69, 9.17) is 9.47 Å². The van der Waals surface area contributed by atoms with Gasteiger partial charge in [0, 0.05) is 12.1 Å². The van der Waals surface area contributed by atoms with E-state index in [-0.39, 0.29) is 11.2 Å². The fourth-order valence-electron chi connectivity index (χ4n) is 2.65. The first kappa shape index (κ1) is 20.7. The molecule has 0 spiro atoms. The fraction of sp³-hybridized carbons (Fsp3) is 0.286. The third kappa shape index (κ3) is 5.74. The highest BCUT2D eigenvalue weighted by Gasteiger charge is 2.17. The molecule has 2 aromatic carbocycles. The van der Waals surface area contributed by atoms with Crippen LogP contribution in [0, 0.1) is 0 Å². The van der Waals surface area contributed by atoms with E-state index in [1.165, 1.54) is 11.8 Å². The second-order valence-corrected chi connectivity index (χ2v) is 7.65. The Bertz CT molecular complexity index is 926. The van der Waals surface area contributed by atoms with Crippen molar-refractivity contribution in [1.29, 1.82) is 0 Å². The number of hydrogen-bond donors (Lipinski definition) is 2. The van der Waals surface area contributed by atoms with Crippen LogP contribution in [0.25, 0.3) is 11.4 Å². The summed E-state index contributed by atoms with van der Waals surface area (Å²) >= 11 is 1.32. The predicted molar refractivity (Wildman–Crippen MR) is 113 cm³/mol. The smallest absolute Gasteiger partial charge is 0.233 e. The summed E-state index contributed by atoms with van der Waals surface area (Å²) in [5.74, 6) is 2.22. The van der Waals surface area contributed by atoms with Gasteiger partial charge in [0.1, 0.15) is 11.5 Å². The van der Waals surface area contributed by atoms with Crippen molar-refractivity contribution in [3.8, 4) is 22.9 Å².